The van der Waals surface area contributed by atoms with Crippen LogP contribution in [0.15, 0.2) is 42.5 Å². The Morgan fingerprint density at radius 1 is 0.966 bits per heavy atom. The topological polar surface area (TPSA) is 65.1 Å². The van der Waals surface area contributed by atoms with Crippen molar-refractivity contribution in [3.8, 4) is 17.2 Å². The van der Waals surface area contributed by atoms with Crippen LogP contribution in [0, 0.1) is 5.92 Å². The Morgan fingerprint density at radius 3 is 2.34 bits per heavy atom. The zero-order valence-electron chi connectivity index (χ0n) is 17.1. The molecule has 0 N–H and O–H groups in total. The summed E-state index contributed by atoms with van der Waals surface area (Å²) in [6, 6.07) is 12.6. The van der Waals surface area contributed by atoms with Gasteiger partial charge in [-0.3, -0.25) is 9.59 Å². The molecule has 1 aliphatic heterocycles. The number of hydrogen-bond acceptors (Lipinski definition) is 5. The number of carbonyl (C=O) groups is 2. The fraction of sp³-hybridized carbons (Fsp3) is 0.391. The van der Waals surface area contributed by atoms with Crippen LogP contribution in [0.5, 0.6) is 17.2 Å². The van der Waals surface area contributed by atoms with Crippen molar-refractivity contribution < 1.29 is 23.8 Å². The van der Waals surface area contributed by atoms with E-state index in [-0.39, 0.29) is 24.0 Å². The lowest BCUT2D eigenvalue weighted by Gasteiger charge is -2.32. The number of rotatable bonds is 7. The van der Waals surface area contributed by atoms with Crippen molar-refractivity contribution in [2.75, 3.05) is 34.4 Å². The highest BCUT2D eigenvalue weighted by molar-refractivity contribution is 5.98. The van der Waals surface area contributed by atoms with E-state index >= 15 is 0 Å². The molecule has 0 spiro atoms. The van der Waals surface area contributed by atoms with Crippen LogP contribution in [0.1, 0.15) is 28.8 Å². The zero-order chi connectivity index (χ0) is 20.8. The smallest absolute Gasteiger partial charge is 0.227 e. The normalized spacial score (nSPS) is 16.2. The molecule has 1 amide bonds. The van der Waals surface area contributed by atoms with E-state index in [1.54, 1.807) is 56.6 Å². The molecule has 29 heavy (non-hydrogen) atoms. The Balaban J connectivity index is 1.65. The molecule has 1 unspecified atom stereocenters. The van der Waals surface area contributed by atoms with Gasteiger partial charge in [-0.15, -0.1) is 0 Å². The molecule has 3 rings (SSSR count). The molecule has 2 aromatic rings. The first-order chi connectivity index (χ1) is 14.0. The molecule has 0 saturated carbocycles. The maximum Gasteiger partial charge on any atom is 0.227 e. The van der Waals surface area contributed by atoms with Gasteiger partial charge in [0.1, 0.15) is 5.75 Å². The number of piperidine rings is 1. The summed E-state index contributed by atoms with van der Waals surface area (Å²) in [6.07, 6.45) is 1.89. The second-order valence-electron chi connectivity index (χ2n) is 7.14. The van der Waals surface area contributed by atoms with Gasteiger partial charge in [0.15, 0.2) is 17.3 Å². The van der Waals surface area contributed by atoms with E-state index in [4.69, 9.17) is 14.2 Å². The molecule has 1 aliphatic rings. The van der Waals surface area contributed by atoms with E-state index in [0.29, 0.717) is 30.2 Å². The molecule has 1 fully saturated rings. The average molecular weight is 397 g/mol. The maximum absolute atomic E-state index is 12.9. The van der Waals surface area contributed by atoms with E-state index in [0.717, 1.165) is 24.2 Å². The first-order valence-corrected chi connectivity index (χ1v) is 9.72. The highest BCUT2D eigenvalue weighted by Gasteiger charge is 2.29. The predicted molar refractivity (Wildman–Crippen MR) is 110 cm³/mol. The minimum atomic E-state index is -0.175. The fourth-order valence-electron chi connectivity index (χ4n) is 3.69. The van der Waals surface area contributed by atoms with Gasteiger partial charge in [0.2, 0.25) is 5.91 Å². The van der Waals surface area contributed by atoms with Gasteiger partial charge in [0.25, 0.3) is 0 Å². The summed E-state index contributed by atoms with van der Waals surface area (Å²) < 4.78 is 15.7. The molecule has 1 saturated heterocycles. The quantitative estimate of drug-likeness (QED) is 0.670. The minimum absolute atomic E-state index is 0.0180. The monoisotopic (exact) mass is 397 g/mol. The van der Waals surface area contributed by atoms with E-state index in [2.05, 4.69) is 0 Å². The van der Waals surface area contributed by atoms with Crippen LogP contribution in [-0.4, -0.2) is 51.0 Å². The standard InChI is InChI=1S/C23H27NO5/c1-27-19-9-7-17(8-10-19)23(26)18-5-4-12-24(15-18)22(25)14-16-6-11-20(28-2)21(13-16)29-3/h6-11,13,18H,4-5,12,14-15H2,1-3H3. The van der Waals surface area contributed by atoms with Crippen molar-refractivity contribution in [2.45, 2.75) is 19.3 Å². The van der Waals surface area contributed by atoms with Gasteiger partial charge in [-0.25, -0.2) is 0 Å². The fourth-order valence-corrected chi connectivity index (χ4v) is 3.69. The highest BCUT2D eigenvalue weighted by Crippen LogP contribution is 2.28. The zero-order valence-corrected chi connectivity index (χ0v) is 17.1. The molecule has 6 nitrogen and oxygen atoms in total. The summed E-state index contributed by atoms with van der Waals surface area (Å²) in [6.45, 7) is 1.13. The number of Topliss-reactive ketones (excluding diaryl/α,β-unsaturated/α-hetero) is 1. The highest BCUT2D eigenvalue weighted by atomic mass is 16.5. The molecule has 0 aromatic heterocycles. The van der Waals surface area contributed by atoms with Crippen molar-refractivity contribution >= 4 is 11.7 Å². The van der Waals surface area contributed by atoms with Crippen LogP contribution >= 0.6 is 0 Å². The van der Waals surface area contributed by atoms with Crippen LogP contribution in [-0.2, 0) is 11.2 Å². The lowest BCUT2D eigenvalue weighted by atomic mass is 9.89. The Bertz CT molecular complexity index is 862. The summed E-state index contributed by atoms with van der Waals surface area (Å²) in [7, 11) is 4.75. The second kappa shape index (κ2) is 9.45. The van der Waals surface area contributed by atoms with Crippen LogP contribution in [0.2, 0.25) is 0 Å². The molecule has 1 heterocycles. The molecule has 154 valence electrons. The van der Waals surface area contributed by atoms with Crippen LogP contribution < -0.4 is 14.2 Å². The van der Waals surface area contributed by atoms with E-state index in [1.165, 1.54) is 0 Å². The number of ketones is 1. The van der Waals surface area contributed by atoms with E-state index in [1.807, 2.05) is 12.1 Å². The third kappa shape index (κ3) is 4.88. The third-order valence-corrected chi connectivity index (χ3v) is 5.32. The molecular weight excluding hydrogens is 370 g/mol. The number of hydrogen-bond donors (Lipinski definition) is 0. The Labute approximate surface area is 171 Å². The first-order valence-electron chi connectivity index (χ1n) is 9.72. The third-order valence-electron chi connectivity index (χ3n) is 5.32. The lowest BCUT2D eigenvalue weighted by molar-refractivity contribution is -0.131. The van der Waals surface area contributed by atoms with Gasteiger partial charge in [-0.05, 0) is 54.8 Å². The number of carbonyl (C=O) groups excluding carboxylic acids is 2. The second-order valence-corrected chi connectivity index (χ2v) is 7.14. The van der Waals surface area contributed by atoms with Crippen LogP contribution in [0.25, 0.3) is 0 Å². The van der Waals surface area contributed by atoms with E-state index < -0.39 is 0 Å². The Morgan fingerprint density at radius 2 is 1.69 bits per heavy atom. The van der Waals surface area contributed by atoms with Crippen molar-refractivity contribution in [2.24, 2.45) is 5.92 Å². The molecular formula is C23H27NO5. The molecule has 6 heteroatoms. The van der Waals surface area contributed by atoms with Crippen LogP contribution in [0.3, 0.4) is 0 Å². The van der Waals surface area contributed by atoms with Gasteiger partial charge in [-0.2, -0.15) is 0 Å². The van der Waals surface area contributed by atoms with Crippen molar-refractivity contribution in [1.29, 1.82) is 0 Å². The molecule has 0 bridgehead atoms. The first kappa shape index (κ1) is 20.7. The number of nitrogens with zero attached hydrogens (tertiary/aromatic N) is 1. The number of likely N-dealkylation sites (tertiary alicyclic amines) is 1. The number of amides is 1. The van der Waals surface area contributed by atoms with E-state index in [9.17, 15) is 9.59 Å². The average Bonchev–Trinajstić information content (AvgIpc) is 2.78. The summed E-state index contributed by atoms with van der Waals surface area (Å²) >= 11 is 0. The van der Waals surface area contributed by atoms with Crippen molar-refractivity contribution in [3.63, 3.8) is 0 Å². The van der Waals surface area contributed by atoms with Crippen LogP contribution in [0.4, 0.5) is 0 Å². The summed E-state index contributed by atoms with van der Waals surface area (Å²) in [5.41, 5.74) is 1.52. The van der Waals surface area contributed by atoms with Crippen molar-refractivity contribution in [1.82, 2.24) is 4.90 Å². The largest absolute Gasteiger partial charge is 0.497 e. The van der Waals surface area contributed by atoms with Gasteiger partial charge in [0, 0.05) is 24.6 Å². The van der Waals surface area contributed by atoms with Gasteiger partial charge in [-0.1, -0.05) is 6.07 Å². The SMILES string of the molecule is COc1ccc(C(=O)C2CCCN(C(=O)Cc3ccc(OC)c(OC)c3)C2)cc1. The Hall–Kier alpha value is -3.02. The summed E-state index contributed by atoms with van der Waals surface area (Å²) in [5.74, 6) is 1.87. The molecule has 0 radical (unpaired) electrons. The molecule has 1 atom stereocenters. The minimum Gasteiger partial charge on any atom is -0.497 e. The number of benzene rings is 2. The Kier molecular flexibility index (Phi) is 6.75. The maximum atomic E-state index is 12.9. The van der Waals surface area contributed by atoms with Gasteiger partial charge >= 0.3 is 0 Å². The van der Waals surface area contributed by atoms with Gasteiger partial charge in [0.05, 0.1) is 27.8 Å². The van der Waals surface area contributed by atoms with Gasteiger partial charge < -0.3 is 19.1 Å². The summed E-state index contributed by atoms with van der Waals surface area (Å²) in [5, 5.41) is 0. The van der Waals surface area contributed by atoms with Crippen molar-refractivity contribution in [3.05, 3.63) is 53.6 Å². The lowest BCUT2D eigenvalue weighted by Crippen LogP contribution is -2.43. The summed E-state index contributed by atoms with van der Waals surface area (Å²) in [4.78, 5) is 27.5. The molecule has 0 aliphatic carbocycles. The molecule has 2 aromatic carbocycles. The number of methoxy groups -OCH3 is 3. The predicted octanol–water partition coefficient (Wildman–Crippen LogP) is 3.38. The number of ether oxygens (including phenoxy) is 3.